The van der Waals surface area contributed by atoms with E-state index in [0.29, 0.717) is 36.2 Å². The Morgan fingerprint density at radius 1 is 1.31 bits per heavy atom. The van der Waals surface area contributed by atoms with Crippen molar-refractivity contribution >= 4 is 5.91 Å². The van der Waals surface area contributed by atoms with Gasteiger partial charge in [0.2, 0.25) is 5.88 Å². The number of hydrogen-bond acceptors (Lipinski definition) is 8. The van der Waals surface area contributed by atoms with Gasteiger partial charge in [0.25, 0.3) is 5.91 Å². The molecule has 1 saturated carbocycles. The number of carbonyl (C=O) groups is 1. The van der Waals surface area contributed by atoms with Gasteiger partial charge in [0.15, 0.2) is 12.2 Å². The first kappa shape index (κ1) is 23.4. The maximum Gasteiger partial charge on any atom is 0.251 e. The van der Waals surface area contributed by atoms with Gasteiger partial charge in [-0.3, -0.25) is 14.7 Å². The van der Waals surface area contributed by atoms with Crippen LogP contribution in [0.3, 0.4) is 0 Å². The fraction of sp³-hybridized carbons (Fsp3) is 0.462. The number of hydrogen-bond donors (Lipinski definition) is 2. The molecule has 1 aliphatic carbocycles. The van der Waals surface area contributed by atoms with E-state index in [-0.39, 0.29) is 19.1 Å². The van der Waals surface area contributed by atoms with Gasteiger partial charge < -0.3 is 19.6 Å². The minimum absolute atomic E-state index is 0.174. The van der Waals surface area contributed by atoms with Crippen LogP contribution in [0.25, 0.3) is 0 Å². The molecule has 9 heteroatoms. The van der Waals surface area contributed by atoms with Crippen molar-refractivity contribution in [2.45, 2.75) is 51.4 Å². The van der Waals surface area contributed by atoms with Crippen LogP contribution < -0.4 is 10.1 Å². The summed E-state index contributed by atoms with van der Waals surface area (Å²) in [7, 11) is 0. The summed E-state index contributed by atoms with van der Waals surface area (Å²) in [5.41, 5.74) is 3.70. The van der Waals surface area contributed by atoms with Crippen molar-refractivity contribution in [3.05, 3.63) is 71.3 Å². The van der Waals surface area contributed by atoms with E-state index in [0.717, 1.165) is 36.3 Å². The summed E-state index contributed by atoms with van der Waals surface area (Å²) in [4.78, 5) is 27.7. The van der Waals surface area contributed by atoms with Crippen molar-refractivity contribution < 1.29 is 19.1 Å². The van der Waals surface area contributed by atoms with Crippen LogP contribution in [0.1, 0.15) is 52.3 Å². The Morgan fingerprint density at radius 3 is 3.03 bits per heavy atom. The summed E-state index contributed by atoms with van der Waals surface area (Å²) in [5, 5.41) is 13.4. The summed E-state index contributed by atoms with van der Waals surface area (Å²) in [5.74, 6) is 1.73. The van der Waals surface area contributed by atoms with Crippen LogP contribution in [-0.2, 0) is 26.0 Å². The Balaban J connectivity index is 1.07. The smallest absolute Gasteiger partial charge is 0.251 e. The number of aliphatic hydroxyl groups is 1. The Kier molecular flexibility index (Phi) is 7.34. The van der Waals surface area contributed by atoms with E-state index >= 15 is 0 Å². The molecule has 0 saturated heterocycles. The highest BCUT2D eigenvalue weighted by Gasteiger charge is 2.22. The molecule has 5 rings (SSSR count). The van der Waals surface area contributed by atoms with E-state index in [4.69, 9.17) is 9.15 Å². The zero-order valence-corrected chi connectivity index (χ0v) is 19.7. The van der Waals surface area contributed by atoms with Crippen molar-refractivity contribution in [2.75, 3.05) is 19.6 Å². The number of oxazole rings is 1. The summed E-state index contributed by atoms with van der Waals surface area (Å²) in [6.07, 6.45) is 9.53. The van der Waals surface area contributed by atoms with Crippen LogP contribution in [0.5, 0.6) is 5.88 Å². The van der Waals surface area contributed by atoms with Crippen molar-refractivity contribution in [2.24, 2.45) is 5.92 Å². The number of aromatic nitrogens is 3. The summed E-state index contributed by atoms with van der Waals surface area (Å²) in [6, 6.07) is 7.47. The molecule has 4 heterocycles. The van der Waals surface area contributed by atoms with Crippen molar-refractivity contribution in [3.8, 4) is 5.88 Å². The third-order valence-corrected chi connectivity index (χ3v) is 6.72. The Labute approximate surface area is 204 Å². The molecular weight excluding hydrogens is 446 g/mol. The molecule has 1 fully saturated rings. The monoisotopic (exact) mass is 477 g/mol. The Bertz CT molecular complexity index is 1130. The van der Waals surface area contributed by atoms with Crippen molar-refractivity contribution in [1.82, 2.24) is 25.2 Å². The molecule has 0 spiro atoms. The molecule has 0 aromatic carbocycles. The van der Waals surface area contributed by atoms with E-state index in [9.17, 15) is 9.90 Å². The van der Waals surface area contributed by atoms with Crippen LogP contribution in [0.2, 0.25) is 0 Å². The predicted octanol–water partition coefficient (Wildman–Crippen LogP) is 2.54. The first-order valence-electron chi connectivity index (χ1n) is 12.2. The number of amides is 1. The van der Waals surface area contributed by atoms with Crippen LogP contribution in [-0.4, -0.2) is 56.6 Å². The molecule has 3 aromatic rings. The third-order valence-electron chi connectivity index (χ3n) is 6.72. The van der Waals surface area contributed by atoms with Gasteiger partial charge in [-0.2, -0.15) is 0 Å². The van der Waals surface area contributed by atoms with E-state index in [2.05, 4.69) is 25.2 Å². The molecule has 184 valence electrons. The molecule has 1 aliphatic heterocycles. The molecule has 0 radical (unpaired) electrons. The lowest BCUT2D eigenvalue weighted by atomic mass is 9.82. The van der Waals surface area contributed by atoms with Crippen molar-refractivity contribution in [1.29, 1.82) is 0 Å². The lowest BCUT2D eigenvalue weighted by Crippen LogP contribution is -2.42. The number of carbonyl (C=O) groups excluding carboxylic acids is 1. The zero-order chi connectivity index (χ0) is 24.0. The van der Waals surface area contributed by atoms with Gasteiger partial charge in [-0.25, -0.2) is 9.97 Å². The van der Waals surface area contributed by atoms with E-state index in [1.165, 1.54) is 25.7 Å². The molecule has 3 aromatic heterocycles. The summed E-state index contributed by atoms with van der Waals surface area (Å²) in [6.45, 7) is 2.45. The average Bonchev–Trinajstić information content (AvgIpc) is 3.37. The van der Waals surface area contributed by atoms with E-state index < -0.39 is 6.10 Å². The molecule has 2 aliphatic rings. The van der Waals surface area contributed by atoms with Gasteiger partial charge in [-0.1, -0.05) is 25.3 Å². The summed E-state index contributed by atoms with van der Waals surface area (Å²) < 4.78 is 10.9. The highest BCUT2D eigenvalue weighted by Crippen LogP contribution is 2.29. The molecule has 1 atom stereocenters. The van der Waals surface area contributed by atoms with Gasteiger partial charge in [0, 0.05) is 56.1 Å². The normalized spacial score (nSPS) is 16.8. The lowest BCUT2D eigenvalue weighted by molar-refractivity contribution is 0.0840. The SMILES string of the molecule is O=C(NC[C@H](O)CN1CCc2nc(OCc3cnco3)ccc2C1)c1ccnc(CC2CCC2)c1. The fourth-order valence-electron chi connectivity index (χ4n) is 4.55. The molecule has 9 nitrogen and oxygen atoms in total. The molecular formula is C26H31N5O4. The first-order valence-corrected chi connectivity index (χ1v) is 12.2. The largest absolute Gasteiger partial charge is 0.469 e. The standard InChI is InChI=1S/C26H31N5O4/c32-22(12-29-26(33)19-6-8-28-21(11-19)10-18-2-1-3-18)15-31-9-7-24-20(14-31)4-5-25(30-24)34-16-23-13-27-17-35-23/h4-6,8,11,13,17-18,22,32H,1-3,7,9-10,12,14-16H2,(H,29,33)/t22-/m0/s1. The Morgan fingerprint density at radius 2 is 2.23 bits per heavy atom. The van der Waals surface area contributed by atoms with Crippen molar-refractivity contribution in [3.63, 3.8) is 0 Å². The first-order chi connectivity index (χ1) is 17.1. The number of rotatable bonds is 10. The van der Waals surface area contributed by atoms with Gasteiger partial charge >= 0.3 is 0 Å². The summed E-state index contributed by atoms with van der Waals surface area (Å²) >= 11 is 0. The number of aliphatic hydroxyl groups excluding tert-OH is 1. The lowest BCUT2D eigenvalue weighted by Gasteiger charge is -2.30. The second-order valence-electron chi connectivity index (χ2n) is 9.40. The van der Waals surface area contributed by atoms with Gasteiger partial charge in [0.05, 0.1) is 18.0 Å². The zero-order valence-electron chi connectivity index (χ0n) is 19.7. The maximum absolute atomic E-state index is 12.6. The Hall–Kier alpha value is -3.30. The molecule has 1 amide bonds. The van der Waals surface area contributed by atoms with Crippen LogP contribution in [0.15, 0.2) is 47.5 Å². The molecule has 0 bridgehead atoms. The number of nitrogens with one attached hydrogen (secondary N) is 1. The maximum atomic E-state index is 12.6. The van der Waals surface area contributed by atoms with Crippen LogP contribution in [0, 0.1) is 5.92 Å². The highest BCUT2D eigenvalue weighted by atomic mass is 16.5. The average molecular weight is 478 g/mol. The predicted molar refractivity (Wildman–Crippen MR) is 128 cm³/mol. The fourth-order valence-corrected chi connectivity index (χ4v) is 4.55. The van der Waals surface area contributed by atoms with E-state index in [1.807, 2.05) is 18.2 Å². The number of ether oxygens (including phenoxy) is 1. The topological polar surface area (TPSA) is 114 Å². The minimum atomic E-state index is -0.658. The molecule has 2 N–H and O–H groups in total. The quantitative estimate of drug-likeness (QED) is 0.458. The second-order valence-corrected chi connectivity index (χ2v) is 9.40. The van der Waals surface area contributed by atoms with Gasteiger partial charge in [0.1, 0.15) is 6.61 Å². The number of pyridine rings is 2. The van der Waals surface area contributed by atoms with E-state index in [1.54, 1.807) is 18.5 Å². The minimum Gasteiger partial charge on any atom is -0.469 e. The number of fused-ring (bicyclic) bond motifs is 1. The van der Waals surface area contributed by atoms with Crippen LogP contribution in [0.4, 0.5) is 0 Å². The molecule has 35 heavy (non-hydrogen) atoms. The number of β-amino-alcohol motifs (C(OH)–C–C–N with tert-alkyl or cyclic N) is 1. The number of nitrogens with zero attached hydrogens (tertiary/aromatic N) is 4. The third kappa shape index (κ3) is 6.23. The van der Waals surface area contributed by atoms with Crippen LogP contribution >= 0.6 is 0 Å². The second kappa shape index (κ2) is 11.0. The van der Waals surface area contributed by atoms with Gasteiger partial charge in [-0.15, -0.1) is 0 Å². The highest BCUT2D eigenvalue weighted by molar-refractivity contribution is 5.94. The van der Waals surface area contributed by atoms with Gasteiger partial charge in [-0.05, 0) is 30.0 Å². The molecule has 0 unspecified atom stereocenters.